The van der Waals surface area contributed by atoms with Crippen LogP contribution in [0.3, 0.4) is 0 Å². The second-order valence-electron chi connectivity index (χ2n) is 6.98. The van der Waals surface area contributed by atoms with Crippen LogP contribution < -0.4 is 14.4 Å². The third-order valence-electron chi connectivity index (χ3n) is 4.62. The quantitative estimate of drug-likeness (QED) is 0.300. The van der Waals surface area contributed by atoms with Gasteiger partial charge in [-0.15, -0.1) is 22.7 Å². The van der Waals surface area contributed by atoms with Gasteiger partial charge >= 0.3 is 5.97 Å². The fourth-order valence-corrected chi connectivity index (χ4v) is 5.92. The van der Waals surface area contributed by atoms with E-state index < -0.39 is 16.0 Å². The number of benzene rings is 2. The van der Waals surface area contributed by atoms with Crippen molar-refractivity contribution in [1.29, 1.82) is 0 Å². The molecule has 0 atom stereocenters. The summed E-state index contributed by atoms with van der Waals surface area (Å²) in [5, 5.41) is 7.43. The number of ether oxygens (including phenoxy) is 2. The number of carbonyl (C=O) groups is 1. The number of hydrogen-bond acceptors (Lipinski definition) is 9. The van der Waals surface area contributed by atoms with Crippen LogP contribution in [0.4, 0.5) is 16.5 Å². The van der Waals surface area contributed by atoms with Gasteiger partial charge in [-0.2, -0.15) is 0 Å². The highest BCUT2D eigenvalue weighted by Gasteiger charge is 2.22. The van der Waals surface area contributed by atoms with Crippen LogP contribution in [0.25, 0.3) is 0 Å². The highest BCUT2D eigenvalue weighted by molar-refractivity contribution is 7.94. The summed E-state index contributed by atoms with van der Waals surface area (Å²) in [6.07, 6.45) is 0. The van der Waals surface area contributed by atoms with Crippen LogP contribution in [0.5, 0.6) is 5.75 Å². The smallest absolute Gasteiger partial charge is 0.344 e. The molecule has 2 heterocycles. The number of anilines is 3. The molecule has 11 heteroatoms. The molecule has 8 nitrogen and oxygen atoms in total. The molecule has 0 aliphatic heterocycles. The number of nitrogens with one attached hydrogen (secondary N) is 1. The van der Waals surface area contributed by atoms with Crippen molar-refractivity contribution in [2.45, 2.75) is 10.8 Å². The Balaban J connectivity index is 1.24. The van der Waals surface area contributed by atoms with E-state index in [0.717, 1.165) is 17.0 Å². The maximum absolute atomic E-state index is 12.6. The number of aromatic nitrogens is 1. The summed E-state index contributed by atoms with van der Waals surface area (Å²) >= 11 is 2.58. The maximum atomic E-state index is 12.6. The fraction of sp³-hybridized carbons (Fsp3) is 0.130. The van der Waals surface area contributed by atoms with Crippen molar-refractivity contribution in [1.82, 2.24) is 4.98 Å². The fourth-order valence-electron chi connectivity index (χ4n) is 2.85. The minimum absolute atomic E-state index is 0.0411. The van der Waals surface area contributed by atoms with E-state index in [4.69, 9.17) is 9.47 Å². The standard InChI is InChI=1S/C23H21N3O5S3/c1-26(34(28,29)22-8-5-13-32-22)19-9-11-20(12-10-19)30-15-21(27)31-14-18-16-33-23(25-18)24-17-6-3-2-4-7-17/h2-13,16H,14-15H2,1H3,(H,24,25). The van der Waals surface area contributed by atoms with Crippen LogP contribution in [-0.2, 0) is 26.2 Å². The Hall–Kier alpha value is -3.41. The van der Waals surface area contributed by atoms with Gasteiger partial charge < -0.3 is 14.8 Å². The van der Waals surface area contributed by atoms with Crippen LogP contribution in [0.15, 0.2) is 81.7 Å². The molecule has 2 aromatic heterocycles. The lowest BCUT2D eigenvalue weighted by Gasteiger charge is -2.18. The van der Waals surface area contributed by atoms with E-state index in [9.17, 15) is 13.2 Å². The topological polar surface area (TPSA) is 97.8 Å². The predicted molar refractivity (Wildman–Crippen MR) is 133 cm³/mol. The van der Waals surface area contributed by atoms with Crippen molar-refractivity contribution in [3.63, 3.8) is 0 Å². The average molecular weight is 516 g/mol. The molecule has 176 valence electrons. The van der Waals surface area contributed by atoms with E-state index in [1.54, 1.807) is 41.8 Å². The SMILES string of the molecule is CN(c1ccc(OCC(=O)OCc2csc(Nc3ccccc3)n2)cc1)S(=O)(=O)c1cccs1. The van der Waals surface area contributed by atoms with Crippen LogP contribution in [-0.4, -0.2) is 33.0 Å². The number of thiazole rings is 1. The first-order chi connectivity index (χ1) is 16.4. The van der Waals surface area contributed by atoms with Crippen LogP contribution >= 0.6 is 22.7 Å². The second kappa shape index (κ2) is 10.7. The zero-order chi connectivity index (χ0) is 24.0. The first kappa shape index (κ1) is 23.7. The Kier molecular flexibility index (Phi) is 7.46. The molecule has 0 saturated carbocycles. The van der Waals surface area contributed by atoms with Gasteiger partial charge in [0.25, 0.3) is 10.0 Å². The number of carbonyl (C=O) groups excluding carboxylic acids is 1. The van der Waals surface area contributed by atoms with E-state index in [2.05, 4.69) is 10.3 Å². The zero-order valence-corrected chi connectivity index (χ0v) is 20.5. The highest BCUT2D eigenvalue weighted by atomic mass is 32.2. The monoisotopic (exact) mass is 515 g/mol. The van der Waals surface area contributed by atoms with E-state index in [0.29, 0.717) is 22.3 Å². The normalized spacial score (nSPS) is 11.1. The molecule has 2 aromatic carbocycles. The van der Waals surface area contributed by atoms with Crippen molar-refractivity contribution >= 4 is 55.2 Å². The Morgan fingerprint density at radius 1 is 1.03 bits per heavy atom. The summed E-state index contributed by atoms with van der Waals surface area (Å²) in [5.41, 5.74) is 2.04. The molecule has 4 rings (SSSR count). The Morgan fingerprint density at radius 3 is 2.50 bits per heavy atom. The first-order valence-corrected chi connectivity index (χ1v) is 13.3. The number of sulfonamides is 1. The van der Waals surface area contributed by atoms with Crippen LogP contribution in [0.1, 0.15) is 5.69 Å². The number of thiophene rings is 1. The third-order valence-corrected chi connectivity index (χ3v) is 8.59. The molecule has 4 aromatic rings. The van der Waals surface area contributed by atoms with Crippen molar-refractivity contribution < 1.29 is 22.7 Å². The largest absolute Gasteiger partial charge is 0.482 e. The second-order valence-corrected chi connectivity index (χ2v) is 11.0. The third kappa shape index (κ3) is 5.93. The number of rotatable bonds is 10. The van der Waals surface area contributed by atoms with Gasteiger partial charge in [-0.25, -0.2) is 18.2 Å². The Labute approximate surface area is 205 Å². The van der Waals surface area contributed by atoms with E-state index in [1.165, 1.54) is 22.7 Å². The number of nitrogens with zero attached hydrogens (tertiary/aromatic N) is 2. The first-order valence-electron chi connectivity index (χ1n) is 10.1. The molecule has 0 unspecified atom stereocenters. The molecule has 0 saturated heterocycles. The molecule has 0 amide bonds. The molecule has 0 radical (unpaired) electrons. The predicted octanol–water partition coefficient (Wildman–Crippen LogP) is 4.90. The molecule has 0 aliphatic rings. The van der Waals surface area contributed by atoms with Gasteiger partial charge in [0.05, 0.1) is 11.4 Å². The molecule has 1 N–H and O–H groups in total. The summed E-state index contributed by atoms with van der Waals surface area (Å²) < 4.78 is 37.4. The summed E-state index contributed by atoms with van der Waals surface area (Å²) in [5.74, 6) is -0.113. The highest BCUT2D eigenvalue weighted by Crippen LogP contribution is 2.26. The average Bonchev–Trinajstić information content (AvgIpc) is 3.55. The lowest BCUT2D eigenvalue weighted by molar-refractivity contribution is -0.147. The molecule has 0 bridgehead atoms. The minimum Gasteiger partial charge on any atom is -0.482 e. The number of esters is 1. The van der Waals surface area contributed by atoms with E-state index in [-0.39, 0.29) is 17.4 Å². The van der Waals surface area contributed by atoms with Gasteiger partial charge in [-0.3, -0.25) is 4.31 Å². The lowest BCUT2D eigenvalue weighted by Crippen LogP contribution is -2.25. The van der Waals surface area contributed by atoms with Crippen molar-refractivity contribution in [2.24, 2.45) is 0 Å². The van der Waals surface area contributed by atoms with Gasteiger partial charge in [-0.05, 0) is 47.8 Å². The van der Waals surface area contributed by atoms with Gasteiger partial charge in [0.15, 0.2) is 11.7 Å². The van der Waals surface area contributed by atoms with Crippen LogP contribution in [0, 0.1) is 0 Å². The lowest BCUT2D eigenvalue weighted by atomic mass is 10.3. The van der Waals surface area contributed by atoms with Gasteiger partial charge in [0.2, 0.25) is 0 Å². The molecule has 34 heavy (non-hydrogen) atoms. The molecule has 0 fully saturated rings. The number of para-hydroxylation sites is 1. The van der Waals surface area contributed by atoms with Crippen LogP contribution in [0.2, 0.25) is 0 Å². The molecule has 0 aliphatic carbocycles. The molecule has 0 spiro atoms. The van der Waals surface area contributed by atoms with Gasteiger partial charge in [0.1, 0.15) is 16.6 Å². The zero-order valence-electron chi connectivity index (χ0n) is 18.1. The van der Waals surface area contributed by atoms with Crippen molar-refractivity contribution in [2.75, 3.05) is 23.3 Å². The maximum Gasteiger partial charge on any atom is 0.344 e. The Bertz CT molecular complexity index is 1320. The van der Waals surface area contributed by atoms with Gasteiger partial charge in [0, 0.05) is 18.1 Å². The summed E-state index contributed by atoms with van der Waals surface area (Å²) in [7, 11) is -2.12. The molecular weight excluding hydrogens is 494 g/mol. The summed E-state index contributed by atoms with van der Waals surface area (Å²) in [4.78, 5) is 16.4. The number of hydrogen-bond donors (Lipinski definition) is 1. The van der Waals surface area contributed by atoms with Gasteiger partial charge in [-0.1, -0.05) is 24.3 Å². The Morgan fingerprint density at radius 2 is 1.79 bits per heavy atom. The molecular formula is C23H21N3O5S3. The minimum atomic E-state index is -3.61. The van der Waals surface area contributed by atoms with E-state index >= 15 is 0 Å². The van der Waals surface area contributed by atoms with E-state index in [1.807, 2.05) is 35.7 Å². The van der Waals surface area contributed by atoms with Crippen molar-refractivity contribution in [3.05, 3.63) is 83.2 Å². The summed E-state index contributed by atoms with van der Waals surface area (Å²) in [6, 6.07) is 19.3. The summed E-state index contributed by atoms with van der Waals surface area (Å²) in [6.45, 7) is -0.235. The van der Waals surface area contributed by atoms with Crippen molar-refractivity contribution in [3.8, 4) is 5.75 Å².